The van der Waals surface area contributed by atoms with E-state index in [4.69, 9.17) is 0 Å². The van der Waals surface area contributed by atoms with Gasteiger partial charge in [-0.3, -0.25) is 4.98 Å². The quantitative estimate of drug-likeness (QED) is 0.704. The average molecular weight is 261 g/mol. The number of nitrogens with zero attached hydrogens (tertiary/aromatic N) is 3. The zero-order chi connectivity index (χ0) is 13.9. The molecule has 0 saturated carbocycles. The van der Waals surface area contributed by atoms with Crippen molar-refractivity contribution < 1.29 is 0 Å². The molecule has 3 heteroatoms. The summed E-state index contributed by atoms with van der Waals surface area (Å²) in [5, 5.41) is 0. The molecule has 3 aromatic rings. The molecule has 0 atom stereocenters. The molecule has 0 saturated heterocycles. The van der Waals surface area contributed by atoms with Crippen molar-refractivity contribution in [1.29, 1.82) is 0 Å². The summed E-state index contributed by atoms with van der Waals surface area (Å²) in [6.07, 6.45) is 5.47. The van der Waals surface area contributed by atoms with E-state index in [1.165, 1.54) is 11.1 Å². The molecule has 0 fully saturated rings. The van der Waals surface area contributed by atoms with Gasteiger partial charge in [0.25, 0.3) is 0 Å². The van der Waals surface area contributed by atoms with Crippen molar-refractivity contribution in [1.82, 2.24) is 15.0 Å². The summed E-state index contributed by atoms with van der Waals surface area (Å²) in [5.41, 5.74) is 5.36. The predicted octanol–water partition coefficient (Wildman–Crippen LogP) is 3.82. The third-order valence-corrected chi connectivity index (χ3v) is 3.16. The van der Waals surface area contributed by atoms with Crippen LogP contribution in [-0.2, 0) is 0 Å². The Bertz CT molecular complexity index is 634. The van der Waals surface area contributed by atoms with Crippen molar-refractivity contribution in [3.8, 4) is 22.6 Å². The first kappa shape index (κ1) is 12.5. The zero-order valence-electron chi connectivity index (χ0n) is 11.5. The number of rotatable bonds is 2. The van der Waals surface area contributed by atoms with Gasteiger partial charge in [-0.15, -0.1) is 0 Å². The Balaban J connectivity index is 1.91. The van der Waals surface area contributed by atoms with Crippen molar-refractivity contribution in [3.63, 3.8) is 0 Å². The summed E-state index contributed by atoms with van der Waals surface area (Å²) in [5.74, 6) is 0.658. The summed E-state index contributed by atoms with van der Waals surface area (Å²) in [4.78, 5) is 13.0. The lowest BCUT2D eigenvalue weighted by atomic mass is 10.1. The maximum absolute atomic E-state index is 4.45. The average Bonchev–Trinajstić information content (AvgIpc) is 2.49. The van der Waals surface area contributed by atoms with E-state index >= 15 is 0 Å². The van der Waals surface area contributed by atoms with E-state index in [9.17, 15) is 0 Å². The SMILES string of the molecule is Cc1ccc(-c2ccc(-c3ncc(C)cn3)nc2)cc1. The molecule has 2 heterocycles. The van der Waals surface area contributed by atoms with Crippen molar-refractivity contribution >= 4 is 0 Å². The Morgan fingerprint density at radius 2 is 1.25 bits per heavy atom. The van der Waals surface area contributed by atoms with Gasteiger partial charge in [0.15, 0.2) is 5.82 Å². The minimum Gasteiger partial charge on any atom is -0.252 e. The van der Waals surface area contributed by atoms with Crippen LogP contribution in [0.4, 0.5) is 0 Å². The molecule has 0 aliphatic rings. The van der Waals surface area contributed by atoms with Crippen LogP contribution >= 0.6 is 0 Å². The summed E-state index contributed by atoms with van der Waals surface area (Å²) < 4.78 is 0. The van der Waals surface area contributed by atoms with Crippen LogP contribution in [0, 0.1) is 13.8 Å². The molecule has 1 aromatic carbocycles. The van der Waals surface area contributed by atoms with Gasteiger partial charge in [-0.1, -0.05) is 35.9 Å². The van der Waals surface area contributed by atoms with Crippen LogP contribution in [-0.4, -0.2) is 15.0 Å². The van der Waals surface area contributed by atoms with Crippen LogP contribution in [0.2, 0.25) is 0 Å². The maximum atomic E-state index is 4.45. The van der Waals surface area contributed by atoms with Gasteiger partial charge in [0.2, 0.25) is 0 Å². The van der Waals surface area contributed by atoms with E-state index in [-0.39, 0.29) is 0 Å². The minimum absolute atomic E-state index is 0.658. The molecular formula is C17H15N3. The molecule has 0 bridgehead atoms. The van der Waals surface area contributed by atoms with E-state index < -0.39 is 0 Å². The van der Waals surface area contributed by atoms with Gasteiger partial charge in [0, 0.05) is 24.2 Å². The third kappa shape index (κ3) is 2.57. The van der Waals surface area contributed by atoms with Gasteiger partial charge >= 0.3 is 0 Å². The van der Waals surface area contributed by atoms with Crippen LogP contribution in [0.1, 0.15) is 11.1 Å². The predicted molar refractivity (Wildman–Crippen MR) is 80.2 cm³/mol. The minimum atomic E-state index is 0.658. The molecule has 0 aliphatic heterocycles. The number of aromatic nitrogens is 3. The van der Waals surface area contributed by atoms with Crippen LogP contribution in [0.3, 0.4) is 0 Å². The highest BCUT2D eigenvalue weighted by molar-refractivity contribution is 5.64. The molecule has 20 heavy (non-hydrogen) atoms. The van der Waals surface area contributed by atoms with Crippen LogP contribution in [0.15, 0.2) is 55.0 Å². The Hall–Kier alpha value is -2.55. The fourth-order valence-corrected chi connectivity index (χ4v) is 1.97. The highest BCUT2D eigenvalue weighted by Gasteiger charge is 2.03. The van der Waals surface area contributed by atoms with E-state index in [1.54, 1.807) is 12.4 Å². The topological polar surface area (TPSA) is 38.7 Å². The molecule has 0 amide bonds. The van der Waals surface area contributed by atoms with E-state index in [1.807, 2.05) is 19.2 Å². The van der Waals surface area contributed by atoms with Crippen LogP contribution < -0.4 is 0 Å². The lowest BCUT2D eigenvalue weighted by Gasteiger charge is -2.04. The number of pyridine rings is 1. The number of aryl methyl sites for hydroxylation is 2. The fourth-order valence-electron chi connectivity index (χ4n) is 1.97. The van der Waals surface area contributed by atoms with E-state index in [0.717, 1.165) is 16.8 Å². The van der Waals surface area contributed by atoms with Gasteiger partial charge in [0.1, 0.15) is 5.69 Å². The van der Waals surface area contributed by atoms with Crippen molar-refractivity contribution in [2.75, 3.05) is 0 Å². The molecule has 0 unspecified atom stereocenters. The van der Waals surface area contributed by atoms with Gasteiger partial charge in [-0.05, 0) is 31.0 Å². The molecule has 3 nitrogen and oxygen atoms in total. The maximum Gasteiger partial charge on any atom is 0.178 e. The second-order valence-corrected chi connectivity index (χ2v) is 4.88. The zero-order valence-corrected chi connectivity index (χ0v) is 11.5. The first-order valence-corrected chi connectivity index (χ1v) is 6.54. The van der Waals surface area contributed by atoms with Gasteiger partial charge in [-0.25, -0.2) is 9.97 Å². The van der Waals surface area contributed by atoms with Crippen molar-refractivity contribution in [2.24, 2.45) is 0 Å². The fraction of sp³-hybridized carbons (Fsp3) is 0.118. The second-order valence-electron chi connectivity index (χ2n) is 4.88. The lowest BCUT2D eigenvalue weighted by Crippen LogP contribution is -1.92. The van der Waals surface area contributed by atoms with Gasteiger partial charge in [-0.2, -0.15) is 0 Å². The smallest absolute Gasteiger partial charge is 0.178 e. The molecule has 0 aliphatic carbocycles. The largest absolute Gasteiger partial charge is 0.252 e. The normalized spacial score (nSPS) is 10.5. The first-order chi connectivity index (χ1) is 9.72. The highest BCUT2D eigenvalue weighted by Crippen LogP contribution is 2.21. The molecule has 0 spiro atoms. The molecule has 98 valence electrons. The Kier molecular flexibility index (Phi) is 3.25. The Morgan fingerprint density at radius 1 is 0.600 bits per heavy atom. The Labute approximate surface area is 118 Å². The highest BCUT2D eigenvalue weighted by atomic mass is 14.9. The van der Waals surface area contributed by atoms with E-state index in [0.29, 0.717) is 5.82 Å². The van der Waals surface area contributed by atoms with E-state index in [2.05, 4.69) is 52.2 Å². The lowest BCUT2D eigenvalue weighted by molar-refractivity contribution is 1.11. The first-order valence-electron chi connectivity index (χ1n) is 6.54. The summed E-state index contributed by atoms with van der Waals surface area (Å²) in [7, 11) is 0. The van der Waals surface area contributed by atoms with Crippen LogP contribution in [0.5, 0.6) is 0 Å². The standard InChI is InChI=1S/C17H15N3/c1-12-3-5-14(6-4-12)15-7-8-16(18-11-15)17-19-9-13(2)10-20-17/h3-11H,1-2H3. The van der Waals surface area contributed by atoms with Crippen LogP contribution in [0.25, 0.3) is 22.6 Å². The monoisotopic (exact) mass is 261 g/mol. The second kappa shape index (κ2) is 5.21. The number of benzene rings is 1. The van der Waals surface area contributed by atoms with Crippen molar-refractivity contribution in [3.05, 3.63) is 66.1 Å². The molecule has 2 aromatic heterocycles. The van der Waals surface area contributed by atoms with Crippen molar-refractivity contribution in [2.45, 2.75) is 13.8 Å². The molecule has 3 rings (SSSR count). The number of hydrogen-bond acceptors (Lipinski definition) is 3. The number of hydrogen-bond donors (Lipinski definition) is 0. The Morgan fingerprint density at radius 3 is 1.85 bits per heavy atom. The summed E-state index contributed by atoms with van der Waals surface area (Å²) in [6, 6.07) is 12.4. The molecule has 0 N–H and O–H groups in total. The molecule has 0 radical (unpaired) electrons. The third-order valence-electron chi connectivity index (χ3n) is 3.16. The molecular weight excluding hydrogens is 246 g/mol. The summed E-state index contributed by atoms with van der Waals surface area (Å²) in [6.45, 7) is 4.05. The van der Waals surface area contributed by atoms with Gasteiger partial charge < -0.3 is 0 Å². The van der Waals surface area contributed by atoms with Gasteiger partial charge in [0.05, 0.1) is 0 Å². The summed E-state index contributed by atoms with van der Waals surface area (Å²) >= 11 is 0.